The van der Waals surface area contributed by atoms with Crippen LogP contribution in [0.4, 0.5) is 0 Å². The predicted molar refractivity (Wildman–Crippen MR) is 69.4 cm³/mol. The molecule has 0 bridgehead atoms. The number of nitrogens with one attached hydrogen (secondary N) is 1. The molecule has 0 radical (unpaired) electrons. The lowest BCUT2D eigenvalue weighted by Gasteiger charge is -2.18. The second-order valence-corrected chi connectivity index (χ2v) is 4.52. The molecule has 0 saturated heterocycles. The Morgan fingerprint density at radius 1 is 1.39 bits per heavy atom. The van der Waals surface area contributed by atoms with Gasteiger partial charge in [-0.15, -0.1) is 0 Å². The normalized spacial score (nSPS) is 13.7. The number of carboxylic acids is 1. The largest absolute Gasteiger partial charge is 0.479 e. The van der Waals surface area contributed by atoms with Crippen LogP contribution in [0.2, 0.25) is 5.02 Å². The summed E-state index contributed by atoms with van der Waals surface area (Å²) in [5.74, 6) is -1.64. The van der Waals surface area contributed by atoms with Crippen molar-refractivity contribution < 1.29 is 14.7 Å². The predicted octanol–water partition coefficient (Wildman–Crippen LogP) is 2.63. The Morgan fingerprint density at radius 2 is 2.00 bits per heavy atom. The van der Waals surface area contributed by atoms with Crippen molar-refractivity contribution in [3.05, 3.63) is 34.9 Å². The Labute approximate surface area is 111 Å². The second kappa shape index (κ2) is 6.40. The summed E-state index contributed by atoms with van der Waals surface area (Å²) in [4.78, 5) is 23.0. The van der Waals surface area contributed by atoms with Gasteiger partial charge in [-0.1, -0.05) is 43.6 Å². The lowest BCUT2D eigenvalue weighted by Crippen LogP contribution is -2.36. The van der Waals surface area contributed by atoms with Gasteiger partial charge in [0.1, 0.15) is 0 Å². The van der Waals surface area contributed by atoms with Gasteiger partial charge in [-0.3, -0.25) is 4.79 Å². The highest BCUT2D eigenvalue weighted by molar-refractivity contribution is 6.31. The Kier molecular flexibility index (Phi) is 5.16. The number of carboxylic acid groups (broad SMARTS) is 1. The summed E-state index contributed by atoms with van der Waals surface area (Å²) in [5, 5.41) is 12.0. The van der Waals surface area contributed by atoms with Crippen LogP contribution < -0.4 is 5.32 Å². The maximum absolute atomic E-state index is 11.8. The van der Waals surface area contributed by atoms with Gasteiger partial charge in [0.05, 0.1) is 0 Å². The number of carbonyl (C=O) groups is 2. The average molecular weight is 270 g/mol. The minimum atomic E-state index is -1.13. The van der Waals surface area contributed by atoms with Crippen molar-refractivity contribution in [1.82, 2.24) is 5.32 Å². The van der Waals surface area contributed by atoms with Crippen LogP contribution in [0.15, 0.2) is 24.3 Å². The molecule has 0 fully saturated rings. The number of hydrogen-bond acceptors (Lipinski definition) is 2. The molecule has 0 aliphatic heterocycles. The van der Waals surface area contributed by atoms with Crippen molar-refractivity contribution in [3.63, 3.8) is 0 Å². The number of rotatable bonds is 5. The van der Waals surface area contributed by atoms with Crippen molar-refractivity contribution in [2.24, 2.45) is 5.92 Å². The Hall–Kier alpha value is -1.55. The summed E-state index contributed by atoms with van der Waals surface area (Å²) in [6.07, 6.45) is 0.653. The van der Waals surface area contributed by atoms with E-state index >= 15 is 0 Å². The van der Waals surface area contributed by atoms with Crippen LogP contribution in [-0.4, -0.2) is 17.0 Å². The van der Waals surface area contributed by atoms with Gasteiger partial charge in [0.25, 0.3) is 0 Å². The summed E-state index contributed by atoms with van der Waals surface area (Å²) in [6.45, 7) is 3.62. The van der Waals surface area contributed by atoms with E-state index in [4.69, 9.17) is 11.6 Å². The first kappa shape index (κ1) is 14.5. The van der Waals surface area contributed by atoms with E-state index in [2.05, 4.69) is 5.32 Å². The summed E-state index contributed by atoms with van der Waals surface area (Å²) < 4.78 is 0. The van der Waals surface area contributed by atoms with Crippen molar-refractivity contribution >= 4 is 23.5 Å². The third-order valence-corrected chi connectivity index (χ3v) is 3.15. The fraction of sp³-hybridized carbons (Fsp3) is 0.385. The number of amides is 1. The molecule has 1 aromatic rings. The van der Waals surface area contributed by atoms with Gasteiger partial charge in [-0.05, 0) is 12.5 Å². The number of benzene rings is 1. The lowest BCUT2D eigenvalue weighted by atomic mass is 10.0. The van der Waals surface area contributed by atoms with Crippen LogP contribution in [0.5, 0.6) is 0 Å². The zero-order valence-corrected chi connectivity index (χ0v) is 11.1. The standard InChI is InChI=1S/C13H16ClNO3/c1-3-8(2)12(16)15-11(13(17)18)9-6-4-5-7-10(9)14/h4-8,11H,3H2,1-2H3,(H,15,16)(H,17,18)/t8?,11-/m1/s1. The maximum Gasteiger partial charge on any atom is 0.330 e. The third kappa shape index (κ3) is 3.47. The third-order valence-electron chi connectivity index (χ3n) is 2.81. The van der Waals surface area contributed by atoms with Crippen LogP contribution in [-0.2, 0) is 9.59 Å². The zero-order chi connectivity index (χ0) is 13.7. The molecule has 5 heteroatoms. The quantitative estimate of drug-likeness (QED) is 0.863. The monoisotopic (exact) mass is 269 g/mol. The number of hydrogen-bond donors (Lipinski definition) is 2. The van der Waals surface area contributed by atoms with Gasteiger partial charge in [0.15, 0.2) is 6.04 Å². The molecule has 1 amide bonds. The number of aliphatic carboxylic acids is 1. The molecule has 0 aliphatic rings. The molecule has 2 N–H and O–H groups in total. The summed E-state index contributed by atoms with van der Waals surface area (Å²) >= 11 is 5.95. The van der Waals surface area contributed by atoms with E-state index in [-0.39, 0.29) is 11.8 Å². The molecule has 1 aromatic carbocycles. The van der Waals surface area contributed by atoms with E-state index in [9.17, 15) is 14.7 Å². The van der Waals surface area contributed by atoms with Crippen molar-refractivity contribution in [2.75, 3.05) is 0 Å². The minimum absolute atomic E-state index is 0.227. The average Bonchev–Trinajstić information content (AvgIpc) is 2.35. The van der Waals surface area contributed by atoms with E-state index in [0.717, 1.165) is 0 Å². The van der Waals surface area contributed by atoms with Crippen molar-refractivity contribution in [3.8, 4) is 0 Å². The van der Waals surface area contributed by atoms with E-state index in [1.54, 1.807) is 31.2 Å². The molecular formula is C13H16ClNO3. The van der Waals surface area contributed by atoms with E-state index < -0.39 is 12.0 Å². The first-order chi connectivity index (χ1) is 8.47. The van der Waals surface area contributed by atoms with Crippen LogP contribution in [0.1, 0.15) is 31.9 Å². The van der Waals surface area contributed by atoms with E-state index in [1.807, 2.05) is 6.92 Å². The summed E-state index contributed by atoms with van der Waals surface area (Å²) in [7, 11) is 0. The first-order valence-corrected chi connectivity index (χ1v) is 6.12. The van der Waals surface area contributed by atoms with Gasteiger partial charge in [-0.25, -0.2) is 4.79 Å². The van der Waals surface area contributed by atoms with Crippen molar-refractivity contribution in [1.29, 1.82) is 0 Å². The minimum Gasteiger partial charge on any atom is -0.479 e. The van der Waals surface area contributed by atoms with E-state index in [0.29, 0.717) is 17.0 Å². The highest BCUT2D eigenvalue weighted by Gasteiger charge is 2.25. The molecule has 0 heterocycles. The van der Waals surface area contributed by atoms with Crippen LogP contribution in [0.25, 0.3) is 0 Å². The highest BCUT2D eigenvalue weighted by atomic mass is 35.5. The molecule has 1 rings (SSSR count). The molecule has 98 valence electrons. The molecule has 2 atom stereocenters. The Balaban J connectivity index is 2.95. The topological polar surface area (TPSA) is 66.4 Å². The number of halogens is 1. The zero-order valence-electron chi connectivity index (χ0n) is 10.3. The Bertz CT molecular complexity index is 448. The SMILES string of the molecule is CCC(C)C(=O)N[C@@H](C(=O)O)c1ccccc1Cl. The fourth-order valence-electron chi connectivity index (χ4n) is 1.45. The molecule has 0 saturated carbocycles. The van der Waals surface area contributed by atoms with Crippen LogP contribution in [0.3, 0.4) is 0 Å². The lowest BCUT2D eigenvalue weighted by molar-refractivity contribution is -0.142. The smallest absolute Gasteiger partial charge is 0.330 e. The second-order valence-electron chi connectivity index (χ2n) is 4.11. The summed E-state index contributed by atoms with van der Waals surface area (Å²) in [6, 6.07) is 5.48. The van der Waals surface area contributed by atoms with Gasteiger partial charge in [0.2, 0.25) is 5.91 Å². The molecule has 4 nitrogen and oxygen atoms in total. The van der Waals surface area contributed by atoms with Gasteiger partial charge in [0, 0.05) is 16.5 Å². The molecule has 18 heavy (non-hydrogen) atoms. The van der Waals surface area contributed by atoms with E-state index in [1.165, 1.54) is 0 Å². The van der Waals surface area contributed by atoms with Gasteiger partial charge in [-0.2, -0.15) is 0 Å². The van der Waals surface area contributed by atoms with Gasteiger partial charge >= 0.3 is 5.97 Å². The maximum atomic E-state index is 11.8. The molecule has 0 spiro atoms. The molecule has 1 unspecified atom stereocenters. The first-order valence-electron chi connectivity index (χ1n) is 5.75. The van der Waals surface area contributed by atoms with Gasteiger partial charge < -0.3 is 10.4 Å². The molecule has 0 aromatic heterocycles. The molecule has 0 aliphatic carbocycles. The summed E-state index contributed by atoms with van der Waals surface area (Å²) in [5.41, 5.74) is 0.392. The van der Waals surface area contributed by atoms with Crippen LogP contribution >= 0.6 is 11.6 Å². The number of carbonyl (C=O) groups excluding carboxylic acids is 1. The molecular weight excluding hydrogens is 254 g/mol. The Morgan fingerprint density at radius 3 is 2.50 bits per heavy atom. The van der Waals surface area contributed by atoms with Crippen molar-refractivity contribution in [2.45, 2.75) is 26.3 Å². The van der Waals surface area contributed by atoms with Crippen LogP contribution in [0, 0.1) is 5.92 Å². The highest BCUT2D eigenvalue weighted by Crippen LogP contribution is 2.23. The fourth-order valence-corrected chi connectivity index (χ4v) is 1.70.